The van der Waals surface area contributed by atoms with Gasteiger partial charge in [-0.1, -0.05) is 0 Å². The van der Waals surface area contributed by atoms with Gasteiger partial charge in [0, 0.05) is 32.1 Å². The van der Waals surface area contributed by atoms with Gasteiger partial charge in [0.25, 0.3) is 0 Å². The number of hydrogen-bond donors (Lipinski definition) is 2. The first kappa shape index (κ1) is 15.5. The largest absolute Gasteiger partial charge is 0.480 e. The highest BCUT2D eigenvalue weighted by Gasteiger charge is 2.38. The Kier molecular flexibility index (Phi) is 4.32. The van der Waals surface area contributed by atoms with E-state index < -0.39 is 18.1 Å². The number of aliphatic hydroxyl groups excluding tert-OH is 1. The maximum absolute atomic E-state index is 12.2. The Bertz CT molecular complexity index is 567. The molecule has 2 heterocycles. The van der Waals surface area contributed by atoms with Gasteiger partial charge in [-0.05, 0) is 25.8 Å². The maximum atomic E-state index is 12.2. The monoisotopic (exact) mass is 295 g/mol. The zero-order chi connectivity index (χ0) is 15.7. The lowest BCUT2D eigenvalue weighted by molar-refractivity contribution is -0.148. The SMILES string of the molecule is Cc1nn(C)c(C)c1CCC(=O)N1CC(O)CC1C(=O)O. The number of carbonyl (C=O) groups excluding carboxylic acids is 1. The Morgan fingerprint density at radius 2 is 2.05 bits per heavy atom. The van der Waals surface area contributed by atoms with E-state index in [2.05, 4.69) is 5.10 Å². The third-order valence-corrected chi connectivity index (χ3v) is 4.13. The first-order valence-corrected chi connectivity index (χ1v) is 7.00. The van der Waals surface area contributed by atoms with Crippen LogP contribution in [0.4, 0.5) is 0 Å². The van der Waals surface area contributed by atoms with E-state index in [9.17, 15) is 14.7 Å². The van der Waals surface area contributed by atoms with Crippen molar-refractivity contribution < 1.29 is 19.8 Å². The summed E-state index contributed by atoms with van der Waals surface area (Å²) >= 11 is 0. The van der Waals surface area contributed by atoms with Crippen LogP contribution in [0.2, 0.25) is 0 Å². The number of β-amino-alcohol motifs (C(OH)–C–C–N with tert-alkyl or cyclic N) is 1. The van der Waals surface area contributed by atoms with Crippen LogP contribution in [0.3, 0.4) is 0 Å². The van der Waals surface area contributed by atoms with Crippen molar-refractivity contribution in [3.63, 3.8) is 0 Å². The second-order valence-electron chi connectivity index (χ2n) is 5.56. The van der Waals surface area contributed by atoms with E-state index in [4.69, 9.17) is 5.11 Å². The van der Waals surface area contributed by atoms with E-state index in [1.54, 1.807) is 4.68 Å². The van der Waals surface area contributed by atoms with E-state index in [1.165, 1.54) is 4.90 Å². The van der Waals surface area contributed by atoms with Crippen LogP contribution >= 0.6 is 0 Å². The number of hydrogen-bond acceptors (Lipinski definition) is 4. The molecule has 7 nitrogen and oxygen atoms in total. The number of likely N-dealkylation sites (tertiary alicyclic amines) is 1. The van der Waals surface area contributed by atoms with Gasteiger partial charge < -0.3 is 15.1 Å². The van der Waals surface area contributed by atoms with Crippen molar-refractivity contribution in [2.75, 3.05) is 6.54 Å². The predicted molar refractivity (Wildman–Crippen MR) is 74.8 cm³/mol. The predicted octanol–water partition coefficient (Wildman–Crippen LogP) is 0.0159. The number of aliphatic hydroxyl groups is 1. The third-order valence-electron chi connectivity index (χ3n) is 4.13. The van der Waals surface area contributed by atoms with Crippen LogP contribution in [0, 0.1) is 13.8 Å². The molecule has 0 saturated carbocycles. The average Bonchev–Trinajstić information content (AvgIpc) is 2.90. The molecule has 2 N–H and O–H groups in total. The van der Waals surface area contributed by atoms with Crippen molar-refractivity contribution in [2.45, 2.75) is 45.3 Å². The van der Waals surface area contributed by atoms with Crippen LogP contribution in [-0.2, 0) is 23.1 Å². The maximum Gasteiger partial charge on any atom is 0.326 e. The summed E-state index contributed by atoms with van der Waals surface area (Å²) in [6, 6.07) is -0.913. The Balaban J connectivity index is 2.03. The molecule has 2 atom stereocenters. The first-order chi connectivity index (χ1) is 9.81. The Labute approximate surface area is 123 Å². The minimum Gasteiger partial charge on any atom is -0.480 e. The highest BCUT2D eigenvalue weighted by Crippen LogP contribution is 2.21. The molecule has 2 rings (SSSR count). The molecular weight excluding hydrogens is 274 g/mol. The van der Waals surface area contributed by atoms with E-state index in [1.807, 2.05) is 20.9 Å². The van der Waals surface area contributed by atoms with E-state index in [0.29, 0.717) is 6.42 Å². The summed E-state index contributed by atoms with van der Waals surface area (Å²) in [5, 5.41) is 23.0. The molecule has 7 heteroatoms. The number of aromatic nitrogens is 2. The number of nitrogens with zero attached hydrogens (tertiary/aromatic N) is 3. The molecule has 0 aromatic carbocycles. The average molecular weight is 295 g/mol. The molecule has 1 aromatic heterocycles. The van der Waals surface area contributed by atoms with Gasteiger partial charge in [0.15, 0.2) is 0 Å². The summed E-state index contributed by atoms with van der Waals surface area (Å²) in [7, 11) is 1.85. The van der Waals surface area contributed by atoms with Crippen molar-refractivity contribution in [3.05, 3.63) is 17.0 Å². The Hall–Kier alpha value is -1.89. The molecule has 0 spiro atoms. The van der Waals surface area contributed by atoms with Gasteiger partial charge in [0.2, 0.25) is 5.91 Å². The summed E-state index contributed by atoms with van der Waals surface area (Å²) in [6.45, 7) is 3.94. The minimum atomic E-state index is -1.06. The summed E-state index contributed by atoms with van der Waals surface area (Å²) in [5.41, 5.74) is 2.92. The molecule has 1 amide bonds. The molecule has 0 radical (unpaired) electrons. The summed E-state index contributed by atoms with van der Waals surface area (Å²) in [4.78, 5) is 24.6. The van der Waals surface area contributed by atoms with Gasteiger partial charge in [0.1, 0.15) is 6.04 Å². The fourth-order valence-electron chi connectivity index (χ4n) is 2.88. The van der Waals surface area contributed by atoms with Gasteiger partial charge >= 0.3 is 5.97 Å². The second kappa shape index (κ2) is 5.85. The number of aryl methyl sites for hydroxylation is 2. The highest BCUT2D eigenvalue weighted by molar-refractivity contribution is 5.84. The molecule has 1 aliphatic heterocycles. The van der Waals surface area contributed by atoms with E-state index >= 15 is 0 Å². The lowest BCUT2D eigenvalue weighted by Crippen LogP contribution is -2.40. The van der Waals surface area contributed by atoms with Gasteiger partial charge in [0.05, 0.1) is 11.8 Å². The van der Waals surface area contributed by atoms with Crippen LogP contribution < -0.4 is 0 Å². The van der Waals surface area contributed by atoms with Crippen LogP contribution in [0.15, 0.2) is 0 Å². The standard InChI is InChI=1S/C14H21N3O4/c1-8-11(9(2)16(3)15-8)4-5-13(19)17-7-10(18)6-12(17)14(20)21/h10,12,18H,4-7H2,1-3H3,(H,20,21). The van der Waals surface area contributed by atoms with Gasteiger partial charge in [-0.25, -0.2) is 4.79 Å². The van der Waals surface area contributed by atoms with Gasteiger partial charge in [-0.2, -0.15) is 5.10 Å². The van der Waals surface area contributed by atoms with Crippen LogP contribution in [0.25, 0.3) is 0 Å². The number of rotatable bonds is 4. The number of carboxylic acids is 1. The van der Waals surface area contributed by atoms with Crippen LogP contribution in [-0.4, -0.2) is 55.5 Å². The molecule has 1 saturated heterocycles. The number of carboxylic acid groups (broad SMARTS) is 1. The summed E-state index contributed by atoms with van der Waals surface area (Å²) in [5.74, 6) is -1.30. The molecule has 116 valence electrons. The van der Waals surface area contributed by atoms with Crippen molar-refractivity contribution in [2.24, 2.45) is 7.05 Å². The first-order valence-electron chi connectivity index (χ1n) is 7.00. The van der Waals surface area contributed by atoms with Crippen LogP contribution in [0.5, 0.6) is 0 Å². The molecular formula is C14H21N3O4. The summed E-state index contributed by atoms with van der Waals surface area (Å²) < 4.78 is 1.77. The topological polar surface area (TPSA) is 95.7 Å². The Morgan fingerprint density at radius 3 is 2.57 bits per heavy atom. The van der Waals surface area contributed by atoms with E-state index in [0.717, 1.165) is 17.0 Å². The summed E-state index contributed by atoms with van der Waals surface area (Å²) in [6.07, 6.45) is 0.107. The van der Waals surface area contributed by atoms with Crippen LogP contribution in [0.1, 0.15) is 29.8 Å². The Morgan fingerprint density at radius 1 is 1.38 bits per heavy atom. The quantitative estimate of drug-likeness (QED) is 0.816. The molecule has 2 unspecified atom stereocenters. The second-order valence-corrected chi connectivity index (χ2v) is 5.56. The normalized spacial score (nSPS) is 21.8. The minimum absolute atomic E-state index is 0.0980. The van der Waals surface area contributed by atoms with E-state index in [-0.39, 0.29) is 25.3 Å². The van der Waals surface area contributed by atoms with Crippen molar-refractivity contribution in [1.82, 2.24) is 14.7 Å². The molecule has 1 fully saturated rings. The lowest BCUT2D eigenvalue weighted by atomic mass is 10.1. The fourth-order valence-corrected chi connectivity index (χ4v) is 2.88. The zero-order valence-electron chi connectivity index (χ0n) is 12.5. The smallest absolute Gasteiger partial charge is 0.326 e. The van der Waals surface area contributed by atoms with Crippen molar-refractivity contribution in [1.29, 1.82) is 0 Å². The van der Waals surface area contributed by atoms with Gasteiger partial charge in [-0.3, -0.25) is 9.48 Å². The lowest BCUT2D eigenvalue weighted by Gasteiger charge is -2.21. The number of aliphatic carboxylic acids is 1. The molecule has 1 aliphatic rings. The molecule has 0 bridgehead atoms. The zero-order valence-corrected chi connectivity index (χ0v) is 12.5. The van der Waals surface area contributed by atoms with Crippen molar-refractivity contribution >= 4 is 11.9 Å². The van der Waals surface area contributed by atoms with Gasteiger partial charge in [-0.15, -0.1) is 0 Å². The fraction of sp³-hybridized carbons (Fsp3) is 0.643. The molecule has 0 aliphatic carbocycles. The highest BCUT2D eigenvalue weighted by atomic mass is 16.4. The van der Waals surface area contributed by atoms with Crippen molar-refractivity contribution in [3.8, 4) is 0 Å². The number of carbonyl (C=O) groups is 2. The molecule has 21 heavy (non-hydrogen) atoms. The third kappa shape index (κ3) is 3.07. The number of amides is 1. The molecule has 1 aromatic rings.